The Morgan fingerprint density at radius 3 is 2.77 bits per heavy atom. The number of rotatable bonds is 12. The van der Waals surface area contributed by atoms with E-state index >= 15 is 0 Å². The molecule has 0 radical (unpaired) electrons. The average Bonchev–Trinajstić information content (AvgIpc) is 3.68. The third-order valence-corrected chi connectivity index (χ3v) is 5.88. The molecule has 0 aliphatic carbocycles. The zero-order chi connectivity index (χ0) is 28.7. The summed E-state index contributed by atoms with van der Waals surface area (Å²) in [6.45, 7) is 2.81. The monoisotopic (exact) mass is 554 g/mol. The summed E-state index contributed by atoms with van der Waals surface area (Å²) in [5.41, 5.74) is 0.837. The zero-order valence-corrected chi connectivity index (χ0v) is 22.5. The lowest BCUT2D eigenvalue weighted by Crippen LogP contribution is -2.45. The summed E-state index contributed by atoms with van der Waals surface area (Å²) in [4.78, 5) is 40.2. The third kappa shape index (κ3) is 9.43. The van der Waals surface area contributed by atoms with Gasteiger partial charge in [-0.25, -0.2) is 4.98 Å². The van der Waals surface area contributed by atoms with Crippen LogP contribution < -0.4 is 14.8 Å². The number of methoxy groups -OCH3 is 1. The van der Waals surface area contributed by atoms with E-state index < -0.39 is 6.10 Å². The first-order valence-corrected chi connectivity index (χ1v) is 12.8. The molecule has 1 saturated heterocycles. The molecule has 0 bridgehead atoms. The summed E-state index contributed by atoms with van der Waals surface area (Å²) in [7, 11) is 1.48. The molecule has 13 nitrogen and oxygen atoms in total. The molecule has 1 aliphatic rings. The van der Waals surface area contributed by atoms with Crippen LogP contribution in [-0.2, 0) is 20.9 Å². The maximum absolute atomic E-state index is 12.8. The van der Waals surface area contributed by atoms with Crippen LogP contribution in [0.25, 0.3) is 0 Å². The number of nitrogens with zero attached hydrogens (tertiary/aromatic N) is 5. The molecule has 2 amide bonds. The molecule has 2 aromatic heterocycles. The van der Waals surface area contributed by atoms with Crippen LogP contribution in [0.1, 0.15) is 19.8 Å². The second kappa shape index (κ2) is 15.9. The fourth-order valence-corrected chi connectivity index (χ4v) is 3.84. The lowest BCUT2D eigenvalue weighted by Gasteiger charge is -2.28. The summed E-state index contributed by atoms with van der Waals surface area (Å²) in [6.07, 6.45) is 5.72. The number of carbonyl (C=O) groups excluding carboxylic acids is 2. The first-order valence-electron chi connectivity index (χ1n) is 12.8. The van der Waals surface area contributed by atoms with E-state index in [0.717, 1.165) is 12.2 Å². The van der Waals surface area contributed by atoms with Crippen LogP contribution >= 0.6 is 0 Å². The quantitative estimate of drug-likeness (QED) is 0.321. The number of para-hydroxylation sites is 1. The number of aliphatic hydroxyl groups excluding tert-OH is 1. The summed E-state index contributed by atoms with van der Waals surface area (Å²) in [5, 5.41) is 19.0. The Morgan fingerprint density at radius 1 is 1.30 bits per heavy atom. The van der Waals surface area contributed by atoms with E-state index in [1.54, 1.807) is 11.1 Å². The number of hydrogen-bond donors (Lipinski definition) is 2. The van der Waals surface area contributed by atoms with E-state index in [1.165, 1.54) is 36.3 Å². The van der Waals surface area contributed by atoms with Crippen molar-refractivity contribution in [3.8, 4) is 11.6 Å². The molecule has 3 heterocycles. The van der Waals surface area contributed by atoms with Gasteiger partial charge in [0.1, 0.15) is 30.7 Å². The average molecular weight is 555 g/mol. The highest BCUT2D eigenvalue weighted by Gasteiger charge is 2.24. The largest absolute Gasteiger partial charge is 0.491 e. The number of pyridine rings is 1. The molecule has 1 aromatic carbocycles. The van der Waals surface area contributed by atoms with Crippen LogP contribution in [0.5, 0.6) is 11.6 Å². The van der Waals surface area contributed by atoms with Gasteiger partial charge in [-0.05, 0) is 43.1 Å². The Morgan fingerprint density at radius 2 is 2.10 bits per heavy atom. The Hall–Kier alpha value is -4.36. The van der Waals surface area contributed by atoms with Crippen LogP contribution in [0.15, 0.2) is 66.2 Å². The Kier molecular flexibility index (Phi) is 12.0. The molecule has 0 spiro atoms. The molecular formula is C27H34N6O7. The zero-order valence-electron chi connectivity index (χ0n) is 22.5. The number of aliphatic hydroxyl groups is 1. The number of aromatic nitrogens is 3. The Bertz CT molecular complexity index is 1220. The van der Waals surface area contributed by atoms with Gasteiger partial charge in [-0.3, -0.25) is 14.3 Å². The van der Waals surface area contributed by atoms with Gasteiger partial charge in [0.2, 0.25) is 11.8 Å². The van der Waals surface area contributed by atoms with Gasteiger partial charge in [-0.15, -0.1) is 4.91 Å². The molecule has 2 atom stereocenters. The minimum atomic E-state index is -0.430. The van der Waals surface area contributed by atoms with Crippen molar-refractivity contribution in [3.05, 3.63) is 66.0 Å². The number of ether oxygens (including phenoxy) is 3. The highest BCUT2D eigenvalue weighted by molar-refractivity contribution is 5.94. The topological polar surface area (TPSA) is 157 Å². The van der Waals surface area contributed by atoms with Crippen molar-refractivity contribution in [2.75, 3.05) is 38.8 Å². The number of nitrogens with one attached hydrogen (secondary N) is 1. The lowest BCUT2D eigenvalue weighted by atomic mass is 10.2. The Labute approximate surface area is 232 Å². The van der Waals surface area contributed by atoms with Crippen molar-refractivity contribution < 1.29 is 28.9 Å². The van der Waals surface area contributed by atoms with Gasteiger partial charge in [-0.2, -0.15) is 5.10 Å². The number of carbonyl (C=O) groups is 2. The van der Waals surface area contributed by atoms with Gasteiger partial charge in [0.05, 0.1) is 31.6 Å². The maximum Gasteiger partial charge on any atom is 0.253 e. The molecule has 1 fully saturated rings. The molecule has 214 valence electrons. The van der Waals surface area contributed by atoms with Gasteiger partial charge in [-0.1, -0.05) is 18.2 Å². The SMILES string of the molecule is CC(COc1ccccc1)N(CCO)C(=O)Cn1cc(NC(=O)C2CCCO2)cn1.COc1cc(N=O)ccn1. The van der Waals surface area contributed by atoms with Crippen molar-refractivity contribution in [2.24, 2.45) is 5.18 Å². The minimum absolute atomic E-state index is 0.00846. The standard InChI is InChI=1S/C21H28N4O5.C6H6N2O2/c1-16(15-30-18-6-3-2-4-7-18)25(9-10-26)20(27)14-24-13-17(12-22-24)23-21(28)19-8-5-11-29-19;1-10-6-4-5(8-9)2-3-7-6/h2-4,6-7,12-13,16,19,26H,5,8-11,14-15H2,1H3,(H,23,28);2-4H,1H3. The highest BCUT2D eigenvalue weighted by atomic mass is 16.5. The third-order valence-electron chi connectivity index (χ3n) is 5.88. The molecule has 3 aromatic rings. The number of amides is 2. The van der Waals surface area contributed by atoms with Crippen LogP contribution in [-0.4, -0.2) is 82.2 Å². The summed E-state index contributed by atoms with van der Waals surface area (Å²) in [6, 6.07) is 12.1. The maximum atomic E-state index is 12.8. The van der Waals surface area contributed by atoms with Crippen LogP contribution in [0.4, 0.5) is 11.4 Å². The van der Waals surface area contributed by atoms with Gasteiger partial charge in [0, 0.05) is 31.6 Å². The van der Waals surface area contributed by atoms with Crippen LogP contribution in [0, 0.1) is 4.91 Å². The normalized spacial score (nSPS) is 14.8. The summed E-state index contributed by atoms with van der Waals surface area (Å²) < 4.78 is 17.3. The van der Waals surface area contributed by atoms with E-state index in [-0.39, 0.29) is 37.6 Å². The van der Waals surface area contributed by atoms with Crippen molar-refractivity contribution in [1.29, 1.82) is 0 Å². The van der Waals surface area contributed by atoms with E-state index in [4.69, 9.17) is 14.2 Å². The minimum Gasteiger partial charge on any atom is -0.491 e. The van der Waals surface area contributed by atoms with E-state index in [0.29, 0.717) is 36.9 Å². The number of hydrogen-bond acceptors (Lipinski definition) is 10. The fourth-order valence-electron chi connectivity index (χ4n) is 3.84. The molecule has 4 rings (SSSR count). The summed E-state index contributed by atoms with van der Waals surface area (Å²) in [5.74, 6) is 0.719. The van der Waals surface area contributed by atoms with Crippen molar-refractivity contribution in [2.45, 2.75) is 38.5 Å². The molecule has 40 heavy (non-hydrogen) atoms. The number of anilines is 1. The van der Waals surface area contributed by atoms with Gasteiger partial charge >= 0.3 is 0 Å². The fraction of sp³-hybridized carbons (Fsp3) is 0.407. The van der Waals surface area contributed by atoms with Crippen LogP contribution in [0.3, 0.4) is 0 Å². The highest BCUT2D eigenvalue weighted by Crippen LogP contribution is 2.16. The summed E-state index contributed by atoms with van der Waals surface area (Å²) >= 11 is 0. The predicted molar refractivity (Wildman–Crippen MR) is 146 cm³/mol. The lowest BCUT2D eigenvalue weighted by molar-refractivity contribution is -0.135. The smallest absolute Gasteiger partial charge is 0.253 e. The predicted octanol–water partition coefficient (Wildman–Crippen LogP) is 2.78. The van der Waals surface area contributed by atoms with Crippen LogP contribution in [0.2, 0.25) is 0 Å². The first kappa shape index (κ1) is 30.2. The second-order valence-corrected chi connectivity index (χ2v) is 8.85. The van der Waals surface area contributed by atoms with Crippen molar-refractivity contribution in [1.82, 2.24) is 19.7 Å². The van der Waals surface area contributed by atoms with Crippen molar-refractivity contribution >= 4 is 23.2 Å². The number of nitroso groups, excluding NO2 is 1. The van der Waals surface area contributed by atoms with Gasteiger partial charge in [0.15, 0.2) is 0 Å². The molecule has 2 N–H and O–H groups in total. The molecule has 1 aliphatic heterocycles. The van der Waals surface area contributed by atoms with Crippen molar-refractivity contribution in [3.63, 3.8) is 0 Å². The second-order valence-electron chi connectivity index (χ2n) is 8.85. The molecule has 2 unspecified atom stereocenters. The molecule has 0 saturated carbocycles. The Balaban J connectivity index is 0.000000371. The first-order chi connectivity index (χ1) is 19.4. The molecular weight excluding hydrogens is 520 g/mol. The molecule has 13 heteroatoms. The van der Waals surface area contributed by atoms with E-state index in [9.17, 15) is 19.6 Å². The number of benzene rings is 1. The van der Waals surface area contributed by atoms with Gasteiger partial charge in [0.25, 0.3) is 5.91 Å². The van der Waals surface area contributed by atoms with Gasteiger partial charge < -0.3 is 29.5 Å². The van der Waals surface area contributed by atoms with E-state index in [2.05, 4.69) is 20.6 Å². The van der Waals surface area contributed by atoms with E-state index in [1.807, 2.05) is 37.3 Å².